The normalized spacial score (nSPS) is 18.6. The van der Waals surface area contributed by atoms with Crippen LogP contribution in [0.15, 0.2) is 18.3 Å². The van der Waals surface area contributed by atoms with Crippen molar-refractivity contribution in [2.24, 2.45) is 5.73 Å². The van der Waals surface area contributed by atoms with Gasteiger partial charge in [-0.1, -0.05) is 12.5 Å². The predicted molar refractivity (Wildman–Crippen MR) is 70.5 cm³/mol. The summed E-state index contributed by atoms with van der Waals surface area (Å²) in [6.07, 6.45) is 8.88. The number of hydrogen-bond acceptors (Lipinski definition) is 4. The number of nitrogens with zero attached hydrogens (tertiary/aromatic N) is 1. The quantitative estimate of drug-likeness (QED) is 0.834. The zero-order valence-electron chi connectivity index (χ0n) is 10.7. The summed E-state index contributed by atoms with van der Waals surface area (Å²) in [5.41, 5.74) is 6.72. The van der Waals surface area contributed by atoms with Gasteiger partial charge in [0.2, 0.25) is 5.88 Å². The van der Waals surface area contributed by atoms with Crippen LogP contribution < -0.4 is 10.5 Å². The number of nitrogens with two attached hydrogens (primary N) is 1. The van der Waals surface area contributed by atoms with E-state index in [0.717, 1.165) is 18.4 Å². The van der Waals surface area contributed by atoms with Crippen LogP contribution in [0.2, 0.25) is 0 Å². The van der Waals surface area contributed by atoms with Crippen LogP contribution in [-0.4, -0.2) is 28.8 Å². The predicted octanol–water partition coefficient (Wildman–Crippen LogP) is 1.66. The number of aromatic nitrogens is 1. The van der Waals surface area contributed by atoms with Gasteiger partial charge in [-0.15, -0.1) is 0 Å². The lowest BCUT2D eigenvalue weighted by Gasteiger charge is -2.22. The Hall–Kier alpha value is -1.13. The summed E-state index contributed by atoms with van der Waals surface area (Å²) in [7, 11) is 0. The SMILES string of the molecule is NC(CO)Cc1ccc(OC2CCCCC2)nc1. The Bertz CT molecular complexity index is 347. The van der Waals surface area contributed by atoms with E-state index in [-0.39, 0.29) is 12.6 Å². The number of aliphatic hydroxyl groups is 1. The van der Waals surface area contributed by atoms with E-state index in [2.05, 4.69) is 4.98 Å². The third kappa shape index (κ3) is 3.96. The highest BCUT2D eigenvalue weighted by atomic mass is 16.5. The Balaban J connectivity index is 1.86. The van der Waals surface area contributed by atoms with Crippen molar-refractivity contribution in [2.45, 2.75) is 50.7 Å². The highest BCUT2D eigenvalue weighted by Crippen LogP contribution is 2.22. The second kappa shape index (κ2) is 6.71. The fraction of sp³-hybridized carbons (Fsp3) is 0.643. The van der Waals surface area contributed by atoms with Crippen LogP contribution in [0, 0.1) is 0 Å². The Labute approximate surface area is 108 Å². The van der Waals surface area contributed by atoms with Crippen LogP contribution >= 0.6 is 0 Å². The van der Waals surface area contributed by atoms with E-state index in [0.29, 0.717) is 18.4 Å². The van der Waals surface area contributed by atoms with Gasteiger partial charge in [0, 0.05) is 18.3 Å². The summed E-state index contributed by atoms with van der Waals surface area (Å²) in [5, 5.41) is 8.90. The molecule has 1 heterocycles. The number of rotatable bonds is 5. The molecule has 1 fully saturated rings. The molecule has 1 saturated carbocycles. The molecule has 1 aromatic heterocycles. The number of pyridine rings is 1. The lowest BCUT2D eigenvalue weighted by atomic mass is 9.98. The Kier molecular flexibility index (Phi) is 4.96. The van der Waals surface area contributed by atoms with Gasteiger partial charge in [0.05, 0.1) is 6.61 Å². The highest BCUT2D eigenvalue weighted by Gasteiger charge is 2.15. The maximum Gasteiger partial charge on any atom is 0.213 e. The van der Waals surface area contributed by atoms with Gasteiger partial charge in [0.1, 0.15) is 6.10 Å². The topological polar surface area (TPSA) is 68.4 Å². The maximum absolute atomic E-state index is 8.90. The highest BCUT2D eigenvalue weighted by molar-refractivity contribution is 5.19. The van der Waals surface area contributed by atoms with Gasteiger partial charge in [0.15, 0.2) is 0 Å². The van der Waals surface area contributed by atoms with E-state index >= 15 is 0 Å². The van der Waals surface area contributed by atoms with Gasteiger partial charge < -0.3 is 15.6 Å². The second-order valence-electron chi connectivity index (χ2n) is 5.03. The summed E-state index contributed by atoms with van der Waals surface area (Å²) in [5.74, 6) is 0.697. The summed E-state index contributed by atoms with van der Waals surface area (Å²) >= 11 is 0. The summed E-state index contributed by atoms with van der Waals surface area (Å²) in [4.78, 5) is 4.30. The van der Waals surface area contributed by atoms with E-state index in [1.807, 2.05) is 12.1 Å². The molecule has 2 rings (SSSR count). The molecule has 1 aliphatic carbocycles. The first-order valence-corrected chi connectivity index (χ1v) is 6.76. The van der Waals surface area contributed by atoms with Gasteiger partial charge in [-0.2, -0.15) is 0 Å². The lowest BCUT2D eigenvalue weighted by Crippen LogP contribution is -2.26. The lowest BCUT2D eigenvalue weighted by molar-refractivity contribution is 0.148. The first-order valence-electron chi connectivity index (χ1n) is 6.76. The largest absolute Gasteiger partial charge is 0.474 e. The molecule has 1 unspecified atom stereocenters. The molecule has 0 amide bonds. The fourth-order valence-corrected chi connectivity index (χ4v) is 2.32. The Morgan fingerprint density at radius 2 is 2.11 bits per heavy atom. The van der Waals surface area contributed by atoms with E-state index in [1.165, 1.54) is 19.3 Å². The van der Waals surface area contributed by atoms with Crippen LogP contribution in [0.25, 0.3) is 0 Å². The third-order valence-electron chi connectivity index (χ3n) is 3.37. The van der Waals surface area contributed by atoms with Gasteiger partial charge in [-0.25, -0.2) is 4.98 Å². The molecule has 0 radical (unpaired) electrons. The van der Waals surface area contributed by atoms with Crippen LogP contribution in [0.3, 0.4) is 0 Å². The van der Waals surface area contributed by atoms with Gasteiger partial charge in [-0.3, -0.25) is 0 Å². The summed E-state index contributed by atoms with van der Waals surface area (Å²) in [6.45, 7) is 0.000323. The number of hydrogen-bond donors (Lipinski definition) is 2. The minimum Gasteiger partial charge on any atom is -0.474 e. The van der Waals surface area contributed by atoms with Crippen LogP contribution in [0.4, 0.5) is 0 Å². The molecular weight excluding hydrogens is 228 g/mol. The molecule has 3 N–H and O–H groups in total. The second-order valence-corrected chi connectivity index (χ2v) is 5.03. The van der Waals surface area contributed by atoms with E-state index in [4.69, 9.17) is 15.6 Å². The molecule has 100 valence electrons. The molecule has 4 heteroatoms. The van der Waals surface area contributed by atoms with Gasteiger partial charge in [-0.05, 0) is 37.7 Å². The zero-order chi connectivity index (χ0) is 12.8. The summed E-state index contributed by atoms with van der Waals surface area (Å²) in [6, 6.07) is 3.66. The smallest absolute Gasteiger partial charge is 0.213 e. The molecule has 18 heavy (non-hydrogen) atoms. The van der Waals surface area contributed by atoms with Gasteiger partial charge >= 0.3 is 0 Å². The average molecular weight is 250 g/mol. The molecular formula is C14H22N2O2. The molecule has 0 saturated heterocycles. The number of ether oxygens (including phenoxy) is 1. The molecule has 0 aromatic carbocycles. The third-order valence-corrected chi connectivity index (χ3v) is 3.37. The van der Waals surface area contributed by atoms with E-state index in [9.17, 15) is 0 Å². The molecule has 0 bridgehead atoms. The van der Waals surface area contributed by atoms with Crippen LogP contribution in [0.5, 0.6) is 5.88 Å². The van der Waals surface area contributed by atoms with Crippen molar-refractivity contribution in [2.75, 3.05) is 6.61 Å². The maximum atomic E-state index is 8.90. The minimum absolute atomic E-state index is 0.000323. The van der Waals surface area contributed by atoms with E-state index in [1.54, 1.807) is 6.20 Å². The van der Waals surface area contributed by atoms with Crippen LogP contribution in [0.1, 0.15) is 37.7 Å². The standard InChI is InChI=1S/C14H22N2O2/c15-12(10-17)8-11-6-7-14(16-9-11)18-13-4-2-1-3-5-13/h6-7,9,12-13,17H,1-5,8,10,15H2. The van der Waals surface area contributed by atoms with E-state index < -0.39 is 0 Å². The molecule has 1 atom stereocenters. The molecule has 0 spiro atoms. The molecule has 1 aliphatic rings. The Morgan fingerprint density at radius 3 is 2.72 bits per heavy atom. The molecule has 4 nitrogen and oxygen atoms in total. The first kappa shape index (κ1) is 13.3. The molecule has 1 aromatic rings. The average Bonchev–Trinajstić information content (AvgIpc) is 2.42. The molecule has 0 aliphatic heterocycles. The van der Waals surface area contributed by atoms with Crippen molar-refractivity contribution in [1.29, 1.82) is 0 Å². The monoisotopic (exact) mass is 250 g/mol. The van der Waals surface area contributed by atoms with Crippen molar-refractivity contribution in [3.8, 4) is 5.88 Å². The minimum atomic E-state index is -0.211. The van der Waals surface area contributed by atoms with Crippen molar-refractivity contribution in [1.82, 2.24) is 4.98 Å². The van der Waals surface area contributed by atoms with Crippen molar-refractivity contribution in [3.05, 3.63) is 23.9 Å². The first-order chi connectivity index (χ1) is 8.78. The summed E-state index contributed by atoms with van der Waals surface area (Å²) < 4.78 is 5.85. The zero-order valence-corrected chi connectivity index (χ0v) is 10.7. The van der Waals surface area contributed by atoms with Crippen molar-refractivity contribution in [3.63, 3.8) is 0 Å². The van der Waals surface area contributed by atoms with Crippen molar-refractivity contribution >= 4 is 0 Å². The number of aliphatic hydroxyl groups excluding tert-OH is 1. The van der Waals surface area contributed by atoms with Crippen molar-refractivity contribution < 1.29 is 9.84 Å². The fourth-order valence-electron chi connectivity index (χ4n) is 2.32. The van der Waals surface area contributed by atoms with Crippen LogP contribution in [-0.2, 0) is 6.42 Å². The van der Waals surface area contributed by atoms with Gasteiger partial charge in [0.25, 0.3) is 0 Å². The Morgan fingerprint density at radius 1 is 1.33 bits per heavy atom.